The first kappa shape index (κ1) is 21.1. The topological polar surface area (TPSA) is 79.9 Å². The Hall–Kier alpha value is -2.59. The summed E-state index contributed by atoms with van der Waals surface area (Å²) >= 11 is 0. The van der Waals surface area contributed by atoms with Gasteiger partial charge in [0.15, 0.2) is 0 Å². The fourth-order valence-corrected chi connectivity index (χ4v) is 4.20. The normalized spacial score (nSPS) is 14.7. The molecule has 7 nitrogen and oxygen atoms in total. The summed E-state index contributed by atoms with van der Waals surface area (Å²) in [5, 5.41) is 3.25. The third-order valence-corrected chi connectivity index (χ3v) is 5.96. The first-order valence-electron chi connectivity index (χ1n) is 9.02. The summed E-state index contributed by atoms with van der Waals surface area (Å²) in [4.78, 5) is 2.14. The second-order valence-corrected chi connectivity index (χ2v) is 8.21. The zero-order valence-electron chi connectivity index (χ0n) is 16.1. The molecule has 0 unspecified atom stereocenters. The number of hydrogen-bond acceptors (Lipinski definition) is 6. The number of piperazine rings is 1. The lowest BCUT2D eigenvalue weighted by atomic mass is 10.1. The molecular formula is C19H23F2N3O4S. The first-order chi connectivity index (χ1) is 13.8. The van der Waals surface area contributed by atoms with Crippen molar-refractivity contribution in [1.82, 2.24) is 5.32 Å². The molecule has 0 bridgehead atoms. The predicted octanol–water partition coefficient (Wildman–Crippen LogP) is 2.82. The summed E-state index contributed by atoms with van der Waals surface area (Å²) in [5.74, 6) is 0.00791. The number of halogens is 2. The number of aryl methyl sites for hydroxylation is 1. The van der Waals surface area contributed by atoms with Gasteiger partial charge in [-0.05, 0) is 36.8 Å². The summed E-state index contributed by atoms with van der Waals surface area (Å²) in [6.45, 7) is 1.97. The highest BCUT2D eigenvalue weighted by atomic mass is 32.2. The highest BCUT2D eigenvalue weighted by Gasteiger charge is 2.21. The number of benzene rings is 2. The van der Waals surface area contributed by atoms with Gasteiger partial charge >= 0.3 is 6.61 Å². The molecule has 0 saturated carbocycles. The van der Waals surface area contributed by atoms with Gasteiger partial charge in [0.25, 0.3) is 10.0 Å². The monoisotopic (exact) mass is 427 g/mol. The fraction of sp³-hybridized carbons (Fsp3) is 0.368. The molecule has 158 valence electrons. The molecule has 3 rings (SSSR count). The van der Waals surface area contributed by atoms with E-state index >= 15 is 0 Å². The second-order valence-electron chi connectivity index (χ2n) is 6.53. The van der Waals surface area contributed by atoms with Crippen molar-refractivity contribution in [3.05, 3.63) is 42.0 Å². The van der Waals surface area contributed by atoms with Crippen LogP contribution in [0.5, 0.6) is 11.5 Å². The van der Waals surface area contributed by atoms with Crippen molar-refractivity contribution in [2.45, 2.75) is 18.4 Å². The molecule has 1 saturated heterocycles. The number of methoxy groups -OCH3 is 1. The lowest BCUT2D eigenvalue weighted by Crippen LogP contribution is -2.43. The van der Waals surface area contributed by atoms with Crippen LogP contribution in [0.3, 0.4) is 0 Å². The van der Waals surface area contributed by atoms with E-state index in [0.717, 1.165) is 37.4 Å². The van der Waals surface area contributed by atoms with Gasteiger partial charge in [0, 0.05) is 37.9 Å². The lowest BCUT2D eigenvalue weighted by molar-refractivity contribution is -0.0493. The number of hydrogen-bond donors (Lipinski definition) is 2. The molecule has 10 heteroatoms. The Balaban J connectivity index is 1.94. The highest BCUT2D eigenvalue weighted by molar-refractivity contribution is 7.92. The van der Waals surface area contributed by atoms with E-state index < -0.39 is 16.6 Å². The Kier molecular flexibility index (Phi) is 6.43. The zero-order chi connectivity index (χ0) is 21.0. The van der Waals surface area contributed by atoms with Crippen LogP contribution in [0.4, 0.5) is 20.2 Å². The predicted molar refractivity (Wildman–Crippen MR) is 107 cm³/mol. The Labute approximate surface area is 168 Å². The van der Waals surface area contributed by atoms with Gasteiger partial charge in [-0.15, -0.1) is 0 Å². The number of alkyl halides is 2. The van der Waals surface area contributed by atoms with Crippen LogP contribution in [-0.2, 0) is 10.0 Å². The van der Waals surface area contributed by atoms with Crippen LogP contribution >= 0.6 is 0 Å². The average molecular weight is 427 g/mol. The third-order valence-electron chi connectivity index (χ3n) is 4.60. The van der Waals surface area contributed by atoms with E-state index in [9.17, 15) is 17.2 Å². The number of anilines is 2. The Morgan fingerprint density at radius 3 is 2.52 bits per heavy atom. The minimum Gasteiger partial charge on any atom is -0.497 e. The van der Waals surface area contributed by atoms with E-state index in [1.807, 2.05) is 6.92 Å². The van der Waals surface area contributed by atoms with Crippen molar-refractivity contribution in [2.75, 3.05) is 42.9 Å². The molecule has 2 N–H and O–H groups in total. The van der Waals surface area contributed by atoms with Gasteiger partial charge in [0.2, 0.25) is 0 Å². The molecule has 0 aliphatic carbocycles. The van der Waals surface area contributed by atoms with E-state index in [4.69, 9.17) is 4.74 Å². The van der Waals surface area contributed by atoms with Gasteiger partial charge in [0.1, 0.15) is 11.5 Å². The molecule has 1 heterocycles. The summed E-state index contributed by atoms with van der Waals surface area (Å²) < 4.78 is 63.1. The molecule has 0 aromatic heterocycles. The average Bonchev–Trinajstić information content (AvgIpc) is 2.69. The summed E-state index contributed by atoms with van der Waals surface area (Å²) in [7, 11) is -2.66. The fourth-order valence-electron chi connectivity index (χ4n) is 3.12. The van der Waals surface area contributed by atoms with Crippen molar-refractivity contribution in [3.63, 3.8) is 0 Å². The molecule has 2 aromatic rings. The van der Waals surface area contributed by atoms with Crippen LogP contribution in [0, 0.1) is 6.92 Å². The SMILES string of the molecule is COc1ccc(OC(F)F)c(NS(=O)(=O)c2ccc(C)c(N3CCNCC3)c2)c1. The Morgan fingerprint density at radius 1 is 1.14 bits per heavy atom. The highest BCUT2D eigenvalue weighted by Crippen LogP contribution is 2.33. The van der Waals surface area contributed by atoms with Crippen LogP contribution in [0.1, 0.15) is 5.56 Å². The van der Waals surface area contributed by atoms with Crippen LogP contribution in [0.25, 0.3) is 0 Å². The Bertz CT molecular complexity index is 964. The third kappa shape index (κ3) is 5.07. The molecule has 0 amide bonds. The van der Waals surface area contributed by atoms with Crippen molar-refractivity contribution >= 4 is 21.4 Å². The van der Waals surface area contributed by atoms with Crippen LogP contribution < -0.4 is 24.4 Å². The maximum Gasteiger partial charge on any atom is 0.387 e. The number of nitrogens with zero attached hydrogens (tertiary/aromatic N) is 1. The van der Waals surface area contributed by atoms with Crippen LogP contribution in [0.15, 0.2) is 41.3 Å². The van der Waals surface area contributed by atoms with E-state index in [-0.39, 0.29) is 16.3 Å². The summed E-state index contributed by atoms with van der Waals surface area (Å²) in [5.41, 5.74) is 1.65. The first-order valence-corrected chi connectivity index (χ1v) is 10.5. The van der Waals surface area contributed by atoms with Crippen molar-refractivity contribution in [2.24, 2.45) is 0 Å². The van der Waals surface area contributed by atoms with E-state index in [1.54, 1.807) is 12.1 Å². The number of sulfonamides is 1. The van der Waals surface area contributed by atoms with E-state index in [0.29, 0.717) is 5.75 Å². The van der Waals surface area contributed by atoms with Gasteiger partial charge in [0.05, 0.1) is 17.7 Å². The molecule has 29 heavy (non-hydrogen) atoms. The largest absolute Gasteiger partial charge is 0.497 e. The smallest absolute Gasteiger partial charge is 0.387 e. The second kappa shape index (κ2) is 8.83. The van der Waals surface area contributed by atoms with Crippen molar-refractivity contribution in [3.8, 4) is 11.5 Å². The van der Waals surface area contributed by atoms with Gasteiger partial charge in [-0.3, -0.25) is 4.72 Å². The molecule has 0 atom stereocenters. The maximum atomic E-state index is 13.0. The quantitative estimate of drug-likeness (QED) is 0.708. The van der Waals surface area contributed by atoms with Crippen LogP contribution in [-0.4, -0.2) is 48.3 Å². The van der Waals surface area contributed by atoms with Gasteiger partial charge < -0.3 is 19.7 Å². The standard InChI is InChI=1S/C19H23F2N3O4S/c1-13-3-5-15(12-17(13)24-9-7-22-8-10-24)29(25,26)23-16-11-14(27-2)4-6-18(16)28-19(20)21/h3-6,11-12,19,22-23H,7-10H2,1-2H3. The number of ether oxygens (including phenoxy) is 2. The molecule has 1 aliphatic heterocycles. The molecule has 0 spiro atoms. The molecule has 1 aliphatic rings. The molecule has 2 aromatic carbocycles. The van der Waals surface area contributed by atoms with Crippen molar-refractivity contribution < 1.29 is 26.7 Å². The lowest BCUT2D eigenvalue weighted by Gasteiger charge is -2.31. The summed E-state index contributed by atoms with van der Waals surface area (Å²) in [6.07, 6.45) is 0. The van der Waals surface area contributed by atoms with E-state index in [1.165, 1.54) is 31.4 Å². The molecule has 0 radical (unpaired) electrons. The van der Waals surface area contributed by atoms with E-state index in [2.05, 4.69) is 19.7 Å². The van der Waals surface area contributed by atoms with Gasteiger partial charge in [-0.1, -0.05) is 6.07 Å². The maximum absolute atomic E-state index is 13.0. The summed E-state index contributed by atoms with van der Waals surface area (Å²) in [6, 6.07) is 8.73. The van der Waals surface area contributed by atoms with Gasteiger partial charge in [-0.25, -0.2) is 8.42 Å². The molecular weight excluding hydrogens is 404 g/mol. The van der Waals surface area contributed by atoms with Crippen molar-refractivity contribution in [1.29, 1.82) is 0 Å². The van der Waals surface area contributed by atoms with Gasteiger partial charge in [-0.2, -0.15) is 8.78 Å². The number of rotatable bonds is 7. The zero-order valence-corrected chi connectivity index (χ0v) is 16.9. The minimum absolute atomic E-state index is 0.0300. The minimum atomic E-state index is -4.05. The Morgan fingerprint density at radius 2 is 1.86 bits per heavy atom. The number of nitrogens with one attached hydrogen (secondary N) is 2. The molecule has 1 fully saturated rings. The van der Waals surface area contributed by atoms with Crippen LogP contribution in [0.2, 0.25) is 0 Å².